The topological polar surface area (TPSA) is 54.2 Å². The smallest absolute Gasteiger partial charge is 0.191 e. The number of nitrogens with one attached hydrogen (secondary N) is 2. The molecule has 0 aromatic carbocycles. The number of aromatic nitrogens is 2. The summed E-state index contributed by atoms with van der Waals surface area (Å²) >= 11 is 0. The highest BCUT2D eigenvalue weighted by molar-refractivity contribution is 14.0. The molecule has 2 unspecified atom stereocenters. The van der Waals surface area contributed by atoms with E-state index < -0.39 is 0 Å². The standard InChI is InChI=1S/C17H31N5.HI/c1-5-8-15-12-16(15)20-17(18-6-2)19-9-7-10-22-14(4)11-13(3)21-22;/h11,15-16H,5-10,12H2,1-4H3,(H2,18,19,20);1H. The summed E-state index contributed by atoms with van der Waals surface area (Å²) in [6, 6.07) is 2.75. The zero-order chi connectivity index (χ0) is 15.9. The lowest BCUT2D eigenvalue weighted by Crippen LogP contribution is -2.39. The molecule has 2 N–H and O–H groups in total. The Morgan fingerprint density at radius 2 is 2.17 bits per heavy atom. The summed E-state index contributed by atoms with van der Waals surface area (Å²) in [5.41, 5.74) is 2.32. The Kier molecular flexibility index (Phi) is 8.94. The molecule has 1 heterocycles. The molecule has 2 atom stereocenters. The number of nitrogens with zero attached hydrogens (tertiary/aromatic N) is 3. The van der Waals surface area contributed by atoms with Gasteiger partial charge in [0.2, 0.25) is 0 Å². The highest BCUT2D eigenvalue weighted by atomic mass is 127. The Balaban J connectivity index is 0.00000264. The van der Waals surface area contributed by atoms with Crippen LogP contribution in [0.2, 0.25) is 0 Å². The number of aliphatic imine (C=N–C) groups is 1. The quantitative estimate of drug-likeness (QED) is 0.287. The SMILES string of the molecule is CCCC1CC1NC(=NCCCn1nc(C)cc1C)NCC.I. The summed E-state index contributed by atoms with van der Waals surface area (Å²) in [5, 5.41) is 11.4. The lowest BCUT2D eigenvalue weighted by molar-refractivity contribution is 0.566. The minimum Gasteiger partial charge on any atom is -0.357 e. The van der Waals surface area contributed by atoms with Gasteiger partial charge >= 0.3 is 0 Å². The van der Waals surface area contributed by atoms with E-state index in [9.17, 15) is 0 Å². The Hall–Kier alpha value is -0.790. The van der Waals surface area contributed by atoms with Crippen molar-refractivity contribution in [2.24, 2.45) is 10.9 Å². The number of hydrogen-bond acceptors (Lipinski definition) is 2. The van der Waals surface area contributed by atoms with Crippen LogP contribution in [0.25, 0.3) is 0 Å². The lowest BCUT2D eigenvalue weighted by Gasteiger charge is -2.11. The third-order valence-electron chi connectivity index (χ3n) is 4.15. The van der Waals surface area contributed by atoms with Gasteiger partial charge in [-0.25, -0.2) is 0 Å². The van der Waals surface area contributed by atoms with Crippen LogP contribution in [0, 0.1) is 19.8 Å². The molecular formula is C17H32IN5. The van der Waals surface area contributed by atoms with Crippen LogP contribution in [0.4, 0.5) is 0 Å². The van der Waals surface area contributed by atoms with Crippen LogP contribution < -0.4 is 10.6 Å². The molecular weight excluding hydrogens is 401 g/mol. The number of hydrogen-bond donors (Lipinski definition) is 2. The zero-order valence-electron chi connectivity index (χ0n) is 14.9. The molecule has 132 valence electrons. The van der Waals surface area contributed by atoms with Crippen molar-refractivity contribution in [2.75, 3.05) is 13.1 Å². The fraction of sp³-hybridized carbons (Fsp3) is 0.765. The first-order chi connectivity index (χ1) is 10.6. The van der Waals surface area contributed by atoms with Crippen LogP contribution in [-0.2, 0) is 6.54 Å². The highest BCUT2D eigenvalue weighted by Crippen LogP contribution is 2.34. The van der Waals surface area contributed by atoms with Crippen molar-refractivity contribution in [1.82, 2.24) is 20.4 Å². The van der Waals surface area contributed by atoms with Crippen molar-refractivity contribution in [3.63, 3.8) is 0 Å². The molecule has 6 heteroatoms. The Bertz CT molecular complexity index is 497. The molecule has 1 aliphatic rings. The van der Waals surface area contributed by atoms with Crippen LogP contribution in [0.3, 0.4) is 0 Å². The summed E-state index contributed by atoms with van der Waals surface area (Å²) in [6.07, 6.45) is 4.92. The fourth-order valence-corrected chi connectivity index (χ4v) is 2.92. The van der Waals surface area contributed by atoms with Gasteiger partial charge in [0.05, 0.1) is 5.69 Å². The third-order valence-corrected chi connectivity index (χ3v) is 4.15. The van der Waals surface area contributed by atoms with E-state index in [1.165, 1.54) is 25.0 Å². The second kappa shape index (κ2) is 10.2. The largest absolute Gasteiger partial charge is 0.357 e. The number of halogens is 1. The Morgan fingerprint density at radius 3 is 2.78 bits per heavy atom. The van der Waals surface area contributed by atoms with Gasteiger partial charge in [-0.1, -0.05) is 13.3 Å². The first kappa shape index (κ1) is 20.3. The predicted octanol–water partition coefficient (Wildman–Crippen LogP) is 3.25. The Morgan fingerprint density at radius 1 is 1.39 bits per heavy atom. The lowest BCUT2D eigenvalue weighted by atomic mass is 10.2. The van der Waals surface area contributed by atoms with E-state index in [0.717, 1.165) is 43.6 Å². The van der Waals surface area contributed by atoms with Crippen molar-refractivity contribution in [2.45, 2.75) is 66.0 Å². The van der Waals surface area contributed by atoms with Crippen LogP contribution in [0.1, 0.15) is 50.9 Å². The van der Waals surface area contributed by atoms with Crippen molar-refractivity contribution in [3.8, 4) is 0 Å². The molecule has 2 rings (SSSR count). The minimum atomic E-state index is 0. The summed E-state index contributed by atoms with van der Waals surface area (Å²) in [7, 11) is 0. The van der Waals surface area contributed by atoms with E-state index in [1.54, 1.807) is 0 Å². The van der Waals surface area contributed by atoms with Crippen molar-refractivity contribution in [3.05, 3.63) is 17.5 Å². The van der Waals surface area contributed by atoms with E-state index in [1.807, 2.05) is 6.92 Å². The number of guanidine groups is 1. The molecule has 0 aliphatic heterocycles. The van der Waals surface area contributed by atoms with Crippen molar-refractivity contribution in [1.29, 1.82) is 0 Å². The first-order valence-corrected chi connectivity index (χ1v) is 8.70. The van der Waals surface area contributed by atoms with Gasteiger partial charge in [-0.15, -0.1) is 24.0 Å². The normalized spacial score (nSPS) is 20.1. The molecule has 0 spiro atoms. The van der Waals surface area contributed by atoms with E-state index in [2.05, 4.69) is 47.3 Å². The van der Waals surface area contributed by atoms with Gasteiger partial charge in [0.1, 0.15) is 0 Å². The molecule has 1 saturated carbocycles. The zero-order valence-corrected chi connectivity index (χ0v) is 17.3. The maximum absolute atomic E-state index is 4.69. The maximum Gasteiger partial charge on any atom is 0.191 e. The minimum absolute atomic E-state index is 0. The number of aryl methyl sites for hydroxylation is 3. The monoisotopic (exact) mass is 433 g/mol. The van der Waals surface area contributed by atoms with Gasteiger partial charge in [-0.2, -0.15) is 5.10 Å². The molecule has 1 fully saturated rings. The molecule has 1 aromatic heterocycles. The summed E-state index contributed by atoms with van der Waals surface area (Å²) < 4.78 is 2.07. The second-order valence-corrected chi connectivity index (χ2v) is 6.30. The van der Waals surface area contributed by atoms with E-state index in [-0.39, 0.29) is 24.0 Å². The van der Waals surface area contributed by atoms with Crippen molar-refractivity contribution < 1.29 is 0 Å². The first-order valence-electron chi connectivity index (χ1n) is 8.70. The Labute approximate surface area is 157 Å². The fourth-order valence-electron chi connectivity index (χ4n) is 2.92. The molecule has 0 amide bonds. The average Bonchev–Trinajstić information content (AvgIpc) is 3.11. The van der Waals surface area contributed by atoms with Gasteiger partial charge in [0.25, 0.3) is 0 Å². The van der Waals surface area contributed by atoms with E-state index in [4.69, 9.17) is 4.99 Å². The van der Waals surface area contributed by atoms with Crippen molar-refractivity contribution >= 4 is 29.9 Å². The average molecular weight is 433 g/mol. The second-order valence-electron chi connectivity index (χ2n) is 6.30. The third kappa shape index (κ3) is 6.69. The highest BCUT2D eigenvalue weighted by Gasteiger charge is 2.36. The molecule has 1 aromatic rings. The van der Waals surface area contributed by atoms with E-state index >= 15 is 0 Å². The summed E-state index contributed by atoms with van der Waals surface area (Å²) in [4.78, 5) is 4.69. The molecule has 0 bridgehead atoms. The van der Waals surface area contributed by atoms with Gasteiger partial charge in [0.15, 0.2) is 5.96 Å². The summed E-state index contributed by atoms with van der Waals surface area (Å²) in [5.74, 6) is 1.82. The molecule has 0 saturated heterocycles. The van der Waals surface area contributed by atoms with Gasteiger partial charge in [-0.3, -0.25) is 9.67 Å². The van der Waals surface area contributed by atoms with Gasteiger partial charge < -0.3 is 10.6 Å². The van der Waals surface area contributed by atoms with E-state index in [0.29, 0.717) is 6.04 Å². The van der Waals surface area contributed by atoms with Crippen LogP contribution >= 0.6 is 24.0 Å². The molecule has 0 radical (unpaired) electrons. The number of rotatable bonds is 8. The van der Waals surface area contributed by atoms with Gasteiger partial charge in [0, 0.05) is 31.4 Å². The van der Waals surface area contributed by atoms with Crippen LogP contribution in [0.5, 0.6) is 0 Å². The molecule has 23 heavy (non-hydrogen) atoms. The van der Waals surface area contributed by atoms with Gasteiger partial charge in [-0.05, 0) is 52.0 Å². The maximum atomic E-state index is 4.69. The molecule has 5 nitrogen and oxygen atoms in total. The molecule has 1 aliphatic carbocycles. The predicted molar refractivity (Wildman–Crippen MR) is 108 cm³/mol. The van der Waals surface area contributed by atoms with Crippen LogP contribution in [-0.4, -0.2) is 34.9 Å². The summed E-state index contributed by atoms with van der Waals surface area (Å²) in [6.45, 7) is 11.2. The van der Waals surface area contributed by atoms with Crippen LogP contribution in [0.15, 0.2) is 11.1 Å².